The summed E-state index contributed by atoms with van der Waals surface area (Å²) in [5.74, 6) is -1.46. The van der Waals surface area contributed by atoms with E-state index < -0.39 is 86.7 Å². The molecule has 3 aliphatic rings. The summed E-state index contributed by atoms with van der Waals surface area (Å²) in [4.78, 5) is 11.3. The van der Waals surface area contributed by atoms with Gasteiger partial charge in [-0.2, -0.15) is 0 Å². The fourth-order valence-electron chi connectivity index (χ4n) is 5.29. The largest absolute Gasteiger partial charge is 0.508 e. The minimum atomic E-state index is -1.81. The lowest BCUT2D eigenvalue weighted by atomic mass is 9.98. The Hall–Kier alpha value is -3.91. The Morgan fingerprint density at radius 1 is 0.809 bits per heavy atom. The summed E-state index contributed by atoms with van der Waals surface area (Å²) in [6, 6.07) is 6.58. The number of fused-ring (bicyclic) bond motifs is 1. The smallest absolute Gasteiger partial charge is 0.302 e. The molecule has 17 heteroatoms. The van der Waals surface area contributed by atoms with Gasteiger partial charge in [0.25, 0.3) is 0 Å². The number of benzene rings is 2. The van der Waals surface area contributed by atoms with Crippen molar-refractivity contribution in [3.8, 4) is 28.7 Å². The predicted molar refractivity (Wildman–Crippen MR) is 153 cm³/mol. The highest BCUT2D eigenvalue weighted by atomic mass is 16.7. The average molecular weight is 669 g/mol. The molecule has 0 saturated carbocycles. The maximum atomic E-state index is 11.3. The maximum absolute atomic E-state index is 11.3. The van der Waals surface area contributed by atoms with Crippen LogP contribution in [0.15, 0.2) is 36.1 Å². The van der Waals surface area contributed by atoms with Gasteiger partial charge in [-0.1, -0.05) is 6.07 Å². The molecule has 2 aromatic rings. The number of aliphatic hydroxyl groups excluding tert-OH is 7. The maximum Gasteiger partial charge on any atom is 0.302 e. The molecule has 11 unspecified atom stereocenters. The predicted octanol–water partition coefficient (Wildman–Crippen LogP) is -1.85. The summed E-state index contributed by atoms with van der Waals surface area (Å²) in [5.41, 5.74) is 0.417. The third kappa shape index (κ3) is 7.03. The van der Waals surface area contributed by atoms with Gasteiger partial charge in [0.15, 0.2) is 17.6 Å². The van der Waals surface area contributed by atoms with Crippen LogP contribution in [0, 0.1) is 0 Å². The molecule has 2 saturated heterocycles. The summed E-state index contributed by atoms with van der Waals surface area (Å²) in [5, 5.41) is 93.0. The Kier molecular flexibility index (Phi) is 10.3. The van der Waals surface area contributed by atoms with Crippen LogP contribution < -0.4 is 14.2 Å². The van der Waals surface area contributed by atoms with Crippen LogP contribution in [0.4, 0.5) is 0 Å². The number of rotatable bonds is 9. The molecule has 2 fully saturated rings. The lowest BCUT2D eigenvalue weighted by Crippen LogP contribution is -2.60. The summed E-state index contributed by atoms with van der Waals surface area (Å²) in [6.07, 6.45) is -16.2. The van der Waals surface area contributed by atoms with Crippen molar-refractivity contribution in [1.82, 2.24) is 0 Å². The quantitative estimate of drug-likeness (QED) is 0.133. The standard InChI is InChI=1S/C30H36O17/c1-11(32)42-10-21-23(36)25(38)27(40)29(47-21)44-17-7-13(33)6-16-14(17)8-19(28(43-16)12-3-4-15(34)18(5-12)41-2)45-30-26(39)24(37)22(35)20(9-31)46-30/h3-8,20-31,33-40H,9-10H2,1-2H3. The number of aliphatic hydroxyl groups is 7. The fourth-order valence-corrected chi connectivity index (χ4v) is 5.29. The molecule has 0 bridgehead atoms. The highest BCUT2D eigenvalue weighted by Crippen LogP contribution is 2.46. The van der Waals surface area contributed by atoms with E-state index in [1.54, 1.807) is 0 Å². The van der Waals surface area contributed by atoms with E-state index in [1.807, 2.05) is 0 Å². The van der Waals surface area contributed by atoms with Crippen molar-refractivity contribution in [2.45, 2.75) is 74.4 Å². The summed E-state index contributed by atoms with van der Waals surface area (Å²) >= 11 is 0. The number of hydrogen-bond acceptors (Lipinski definition) is 17. The number of phenols is 2. The molecule has 0 aliphatic carbocycles. The van der Waals surface area contributed by atoms with Gasteiger partial charge in [-0.05, 0) is 18.2 Å². The Bertz CT molecular complexity index is 1460. The van der Waals surface area contributed by atoms with Gasteiger partial charge >= 0.3 is 5.97 Å². The molecule has 9 N–H and O–H groups in total. The van der Waals surface area contributed by atoms with Crippen molar-refractivity contribution in [2.24, 2.45) is 0 Å². The zero-order valence-corrected chi connectivity index (χ0v) is 25.0. The molecule has 0 aromatic heterocycles. The number of methoxy groups -OCH3 is 1. The monoisotopic (exact) mass is 668 g/mol. The van der Waals surface area contributed by atoms with Crippen LogP contribution in [0.5, 0.6) is 28.7 Å². The molecule has 47 heavy (non-hydrogen) atoms. The zero-order chi connectivity index (χ0) is 34.2. The number of ether oxygens (including phenoxy) is 7. The molecule has 5 rings (SSSR count). The van der Waals surface area contributed by atoms with Gasteiger partial charge in [0.05, 0.1) is 19.3 Å². The zero-order valence-electron chi connectivity index (χ0n) is 25.0. The van der Waals surface area contributed by atoms with E-state index in [2.05, 4.69) is 0 Å². The number of aromatic hydroxyl groups is 2. The minimum absolute atomic E-state index is 0.000500. The molecular weight excluding hydrogens is 632 g/mol. The van der Waals surface area contributed by atoms with Crippen LogP contribution >= 0.6 is 0 Å². The Morgan fingerprint density at radius 3 is 2.09 bits per heavy atom. The highest BCUT2D eigenvalue weighted by molar-refractivity contribution is 5.70. The van der Waals surface area contributed by atoms with Gasteiger partial charge in [0, 0.05) is 24.6 Å². The summed E-state index contributed by atoms with van der Waals surface area (Å²) in [6.45, 7) is -0.0664. The molecule has 11 atom stereocenters. The van der Waals surface area contributed by atoms with E-state index in [1.165, 1.54) is 37.5 Å². The average Bonchev–Trinajstić information content (AvgIpc) is 3.04. The van der Waals surface area contributed by atoms with Crippen molar-refractivity contribution in [3.63, 3.8) is 0 Å². The molecule has 0 radical (unpaired) electrons. The van der Waals surface area contributed by atoms with Gasteiger partial charge in [0.1, 0.15) is 78.4 Å². The Balaban J connectivity index is 1.53. The molecule has 0 spiro atoms. The van der Waals surface area contributed by atoms with Gasteiger partial charge in [0.2, 0.25) is 12.6 Å². The lowest BCUT2D eigenvalue weighted by molar-refractivity contribution is -0.293. The molecule has 3 aliphatic heterocycles. The highest BCUT2D eigenvalue weighted by Gasteiger charge is 2.47. The van der Waals surface area contributed by atoms with Crippen molar-refractivity contribution in [3.05, 3.63) is 47.2 Å². The minimum Gasteiger partial charge on any atom is -0.508 e. The first-order valence-electron chi connectivity index (χ1n) is 14.4. The second-order valence-corrected chi connectivity index (χ2v) is 11.1. The van der Waals surface area contributed by atoms with E-state index in [9.17, 15) is 50.8 Å². The second-order valence-electron chi connectivity index (χ2n) is 11.1. The molecule has 17 nitrogen and oxygen atoms in total. The molecule has 3 heterocycles. The summed E-state index contributed by atoms with van der Waals surface area (Å²) < 4.78 is 39.2. The van der Waals surface area contributed by atoms with Crippen molar-refractivity contribution < 1.29 is 83.9 Å². The van der Waals surface area contributed by atoms with Gasteiger partial charge < -0.3 is 79.1 Å². The van der Waals surface area contributed by atoms with E-state index in [4.69, 9.17) is 33.2 Å². The van der Waals surface area contributed by atoms with Crippen LogP contribution in [-0.4, -0.2) is 134 Å². The number of carbonyl (C=O) groups excluding carboxylic acids is 1. The van der Waals surface area contributed by atoms with Crippen LogP contribution in [-0.2, 0) is 23.7 Å². The molecule has 258 valence electrons. The van der Waals surface area contributed by atoms with Crippen LogP contribution in [0.3, 0.4) is 0 Å². The van der Waals surface area contributed by atoms with Crippen molar-refractivity contribution >= 4 is 12.0 Å². The summed E-state index contributed by atoms with van der Waals surface area (Å²) in [7, 11) is 1.33. The molecule has 2 aromatic carbocycles. The van der Waals surface area contributed by atoms with E-state index in [0.717, 1.165) is 13.0 Å². The number of carbonyl (C=O) groups is 1. The van der Waals surface area contributed by atoms with Gasteiger partial charge in [-0.15, -0.1) is 0 Å². The number of hydrogen-bond donors (Lipinski definition) is 9. The third-order valence-corrected chi connectivity index (χ3v) is 7.85. The van der Waals surface area contributed by atoms with Crippen LogP contribution in [0.1, 0.15) is 24.2 Å². The van der Waals surface area contributed by atoms with E-state index >= 15 is 0 Å². The normalized spacial score (nSPS) is 33.6. The van der Waals surface area contributed by atoms with E-state index in [-0.39, 0.29) is 40.1 Å². The third-order valence-electron chi connectivity index (χ3n) is 7.85. The number of esters is 1. The first kappa shape index (κ1) is 34.4. The van der Waals surface area contributed by atoms with Crippen LogP contribution in [0.2, 0.25) is 0 Å². The molecular formula is C30H36O17. The second kappa shape index (κ2) is 14.1. The fraction of sp³-hybridized carbons (Fsp3) is 0.500. The molecule has 0 amide bonds. The number of phenolic OH excluding ortho intramolecular Hbond substituents is 2. The van der Waals surface area contributed by atoms with Crippen molar-refractivity contribution in [2.75, 3.05) is 20.3 Å². The van der Waals surface area contributed by atoms with Crippen LogP contribution in [0.25, 0.3) is 6.08 Å². The Labute approximate surface area is 266 Å². The topological polar surface area (TPSA) is 264 Å². The first-order chi connectivity index (χ1) is 22.3. The first-order valence-corrected chi connectivity index (χ1v) is 14.4. The van der Waals surface area contributed by atoms with Gasteiger partial charge in [-0.25, -0.2) is 0 Å². The van der Waals surface area contributed by atoms with Crippen molar-refractivity contribution in [1.29, 1.82) is 0 Å². The SMILES string of the molecule is COc1cc(C2Oc3cc(O)cc(OC4OC(COC(C)=O)C(O)C(O)C4O)c3C=C2OC2OC(CO)C(O)C(O)C2O)ccc1O. The Morgan fingerprint density at radius 2 is 1.45 bits per heavy atom. The van der Waals surface area contributed by atoms with Gasteiger partial charge in [-0.3, -0.25) is 4.79 Å². The lowest BCUT2D eigenvalue weighted by Gasteiger charge is -2.41. The van der Waals surface area contributed by atoms with E-state index in [0.29, 0.717) is 5.56 Å².